The van der Waals surface area contributed by atoms with Gasteiger partial charge < -0.3 is 5.73 Å². The molecule has 0 fully saturated rings. The molecule has 4 heteroatoms. The van der Waals surface area contributed by atoms with Crippen molar-refractivity contribution < 1.29 is 0 Å². The van der Waals surface area contributed by atoms with Crippen LogP contribution in [0.2, 0.25) is 0 Å². The first-order valence-corrected chi connectivity index (χ1v) is 3.27. The molecule has 1 aromatic rings. The van der Waals surface area contributed by atoms with Crippen LogP contribution in [0.15, 0.2) is 0 Å². The fraction of sp³-hybridized carbons (Fsp3) is 0.500. The SMILES string of the molecule is CN1Cc2[nH]nc(N)c2C1. The van der Waals surface area contributed by atoms with Crippen LogP contribution in [0.5, 0.6) is 0 Å². The molecule has 2 heterocycles. The van der Waals surface area contributed by atoms with E-state index in [4.69, 9.17) is 5.73 Å². The smallest absolute Gasteiger partial charge is 0.150 e. The van der Waals surface area contributed by atoms with Gasteiger partial charge in [0.1, 0.15) is 5.82 Å². The van der Waals surface area contributed by atoms with Crippen LogP contribution in [-0.2, 0) is 13.1 Å². The first kappa shape index (κ1) is 5.73. The number of aromatic nitrogens is 2. The predicted octanol–water partition coefficient (Wildman–Crippen LogP) is -0.0627. The van der Waals surface area contributed by atoms with Crippen molar-refractivity contribution in [3.63, 3.8) is 0 Å². The number of nitrogen functional groups attached to an aromatic ring is 1. The van der Waals surface area contributed by atoms with Crippen LogP contribution in [0.25, 0.3) is 0 Å². The van der Waals surface area contributed by atoms with E-state index in [1.807, 2.05) is 0 Å². The molecule has 54 valence electrons. The number of rotatable bonds is 0. The molecule has 4 nitrogen and oxygen atoms in total. The highest BCUT2D eigenvalue weighted by molar-refractivity contribution is 5.43. The second-order valence-corrected chi connectivity index (χ2v) is 2.74. The maximum atomic E-state index is 5.59. The van der Waals surface area contributed by atoms with Crippen LogP contribution in [-0.4, -0.2) is 22.1 Å². The second kappa shape index (κ2) is 1.73. The molecule has 0 radical (unpaired) electrons. The van der Waals surface area contributed by atoms with E-state index < -0.39 is 0 Å². The number of aromatic amines is 1. The number of hydrogen-bond donors (Lipinski definition) is 2. The van der Waals surface area contributed by atoms with Gasteiger partial charge in [0.15, 0.2) is 0 Å². The first-order chi connectivity index (χ1) is 4.77. The van der Waals surface area contributed by atoms with Crippen LogP contribution in [0.1, 0.15) is 11.3 Å². The summed E-state index contributed by atoms with van der Waals surface area (Å²) >= 11 is 0. The van der Waals surface area contributed by atoms with E-state index in [9.17, 15) is 0 Å². The van der Waals surface area contributed by atoms with Crippen LogP contribution < -0.4 is 5.73 Å². The minimum Gasteiger partial charge on any atom is -0.382 e. The Morgan fingerprint density at radius 1 is 1.60 bits per heavy atom. The Labute approximate surface area is 59.0 Å². The standard InChI is InChI=1S/C6H10N4/c1-10-2-4-5(3-10)8-9-6(4)7/h2-3H2,1H3,(H3,7,8,9). The van der Waals surface area contributed by atoms with Crippen molar-refractivity contribution in [3.8, 4) is 0 Å². The molecular formula is C6H10N4. The van der Waals surface area contributed by atoms with Crippen LogP contribution in [0, 0.1) is 0 Å². The Morgan fingerprint density at radius 2 is 2.40 bits per heavy atom. The van der Waals surface area contributed by atoms with Gasteiger partial charge in [0.05, 0.1) is 5.69 Å². The summed E-state index contributed by atoms with van der Waals surface area (Å²) in [6.07, 6.45) is 0. The van der Waals surface area contributed by atoms with Crippen molar-refractivity contribution in [3.05, 3.63) is 11.3 Å². The maximum absolute atomic E-state index is 5.59. The molecule has 1 aliphatic heterocycles. The predicted molar refractivity (Wildman–Crippen MR) is 38.2 cm³/mol. The number of nitrogens with zero attached hydrogens (tertiary/aromatic N) is 2. The van der Waals surface area contributed by atoms with Gasteiger partial charge >= 0.3 is 0 Å². The molecule has 10 heavy (non-hydrogen) atoms. The normalized spacial score (nSPS) is 17.7. The summed E-state index contributed by atoms with van der Waals surface area (Å²) in [7, 11) is 2.06. The van der Waals surface area contributed by atoms with Crippen LogP contribution in [0.3, 0.4) is 0 Å². The zero-order valence-electron chi connectivity index (χ0n) is 5.89. The van der Waals surface area contributed by atoms with E-state index in [2.05, 4.69) is 22.1 Å². The van der Waals surface area contributed by atoms with E-state index in [0.29, 0.717) is 5.82 Å². The molecule has 2 rings (SSSR count). The Balaban J connectivity index is 2.44. The van der Waals surface area contributed by atoms with Crippen LogP contribution in [0.4, 0.5) is 5.82 Å². The summed E-state index contributed by atoms with van der Waals surface area (Å²) in [5, 5.41) is 6.80. The summed E-state index contributed by atoms with van der Waals surface area (Å²) in [6.45, 7) is 1.87. The highest BCUT2D eigenvalue weighted by Gasteiger charge is 2.20. The van der Waals surface area contributed by atoms with Crippen molar-refractivity contribution in [2.75, 3.05) is 12.8 Å². The summed E-state index contributed by atoms with van der Waals surface area (Å²) < 4.78 is 0. The fourth-order valence-electron chi connectivity index (χ4n) is 1.32. The lowest BCUT2D eigenvalue weighted by Crippen LogP contribution is -2.09. The monoisotopic (exact) mass is 138 g/mol. The molecule has 0 aromatic carbocycles. The van der Waals surface area contributed by atoms with Crippen molar-refractivity contribution in [1.82, 2.24) is 15.1 Å². The van der Waals surface area contributed by atoms with Gasteiger partial charge in [-0.2, -0.15) is 5.10 Å². The Bertz CT molecular complexity index is 252. The molecular weight excluding hydrogens is 128 g/mol. The zero-order valence-corrected chi connectivity index (χ0v) is 5.89. The van der Waals surface area contributed by atoms with Crippen molar-refractivity contribution in [2.45, 2.75) is 13.1 Å². The third-order valence-electron chi connectivity index (χ3n) is 1.84. The van der Waals surface area contributed by atoms with E-state index in [1.165, 1.54) is 11.3 Å². The summed E-state index contributed by atoms with van der Waals surface area (Å²) in [5.41, 5.74) is 7.92. The largest absolute Gasteiger partial charge is 0.382 e. The minimum absolute atomic E-state index is 0.652. The van der Waals surface area contributed by atoms with Gasteiger partial charge in [-0.15, -0.1) is 0 Å². The molecule has 3 N–H and O–H groups in total. The molecule has 0 spiro atoms. The topological polar surface area (TPSA) is 57.9 Å². The molecule has 0 amide bonds. The fourth-order valence-corrected chi connectivity index (χ4v) is 1.32. The average molecular weight is 138 g/mol. The molecule has 0 bridgehead atoms. The highest BCUT2D eigenvalue weighted by atomic mass is 15.2. The molecule has 0 saturated carbocycles. The molecule has 0 aliphatic carbocycles. The lowest BCUT2D eigenvalue weighted by Gasteiger charge is -2.03. The third kappa shape index (κ3) is 0.623. The molecule has 1 aliphatic rings. The quantitative estimate of drug-likeness (QED) is 0.528. The number of nitrogens with one attached hydrogen (secondary N) is 1. The van der Waals surface area contributed by atoms with Crippen LogP contribution >= 0.6 is 0 Å². The Morgan fingerprint density at radius 3 is 3.10 bits per heavy atom. The molecule has 1 aromatic heterocycles. The Hall–Kier alpha value is -1.03. The van der Waals surface area contributed by atoms with Crippen molar-refractivity contribution in [2.24, 2.45) is 0 Å². The number of nitrogens with two attached hydrogens (primary N) is 1. The van der Waals surface area contributed by atoms with Crippen molar-refractivity contribution in [1.29, 1.82) is 0 Å². The number of H-pyrrole nitrogens is 1. The lowest BCUT2D eigenvalue weighted by atomic mass is 10.3. The minimum atomic E-state index is 0.652. The van der Waals surface area contributed by atoms with Crippen molar-refractivity contribution >= 4 is 5.82 Å². The lowest BCUT2D eigenvalue weighted by molar-refractivity contribution is 0.349. The number of hydrogen-bond acceptors (Lipinski definition) is 3. The third-order valence-corrected chi connectivity index (χ3v) is 1.84. The summed E-state index contributed by atoms with van der Waals surface area (Å²) in [4.78, 5) is 2.19. The maximum Gasteiger partial charge on any atom is 0.150 e. The summed E-state index contributed by atoms with van der Waals surface area (Å²) in [5.74, 6) is 0.652. The summed E-state index contributed by atoms with van der Waals surface area (Å²) in [6, 6.07) is 0. The van der Waals surface area contributed by atoms with Gasteiger partial charge in [-0.25, -0.2) is 0 Å². The number of fused-ring (bicyclic) bond motifs is 1. The van der Waals surface area contributed by atoms with Gasteiger partial charge in [-0.05, 0) is 7.05 Å². The van der Waals surface area contributed by atoms with Gasteiger partial charge in [0.25, 0.3) is 0 Å². The van der Waals surface area contributed by atoms with Gasteiger partial charge in [0, 0.05) is 18.7 Å². The molecule has 0 saturated heterocycles. The van der Waals surface area contributed by atoms with Gasteiger partial charge in [0.2, 0.25) is 0 Å². The average Bonchev–Trinajstić information content (AvgIpc) is 2.35. The molecule has 0 atom stereocenters. The zero-order chi connectivity index (χ0) is 7.14. The Kier molecular flexibility index (Phi) is 0.990. The van der Waals surface area contributed by atoms with E-state index in [1.54, 1.807) is 0 Å². The van der Waals surface area contributed by atoms with E-state index in [-0.39, 0.29) is 0 Å². The first-order valence-electron chi connectivity index (χ1n) is 3.27. The van der Waals surface area contributed by atoms with Gasteiger partial charge in [-0.3, -0.25) is 10.00 Å². The number of anilines is 1. The molecule has 0 unspecified atom stereocenters. The van der Waals surface area contributed by atoms with E-state index >= 15 is 0 Å². The van der Waals surface area contributed by atoms with E-state index in [0.717, 1.165) is 13.1 Å². The second-order valence-electron chi connectivity index (χ2n) is 2.74. The highest BCUT2D eigenvalue weighted by Crippen LogP contribution is 2.22. The van der Waals surface area contributed by atoms with Gasteiger partial charge in [-0.1, -0.05) is 0 Å².